The lowest BCUT2D eigenvalue weighted by Crippen LogP contribution is -2.42. The Labute approximate surface area is 158 Å². The number of benzene rings is 1. The summed E-state index contributed by atoms with van der Waals surface area (Å²) in [5.74, 6) is -0.196. The van der Waals surface area contributed by atoms with Crippen molar-refractivity contribution in [3.8, 4) is 0 Å². The number of methoxy groups -OCH3 is 1. The molecule has 1 aromatic rings. The van der Waals surface area contributed by atoms with Crippen LogP contribution in [0.2, 0.25) is 10.0 Å². The summed E-state index contributed by atoms with van der Waals surface area (Å²) in [6.45, 7) is 7.12. The first-order valence-corrected chi connectivity index (χ1v) is 8.96. The largest absolute Gasteiger partial charge is 0.465 e. The molecule has 25 heavy (non-hydrogen) atoms. The Kier molecular flexibility index (Phi) is 6.60. The van der Waals surface area contributed by atoms with Crippen molar-refractivity contribution in [2.24, 2.45) is 5.41 Å². The minimum atomic E-state index is -0.957. The Hall–Kier alpha value is -1.01. The summed E-state index contributed by atoms with van der Waals surface area (Å²) in [5, 5.41) is 10.5. The van der Waals surface area contributed by atoms with Gasteiger partial charge in [0.1, 0.15) is 0 Å². The number of carbonyl (C=O) groups is 1. The number of hydrogen-bond donors (Lipinski definition) is 1. The number of hydrogen-bond acceptors (Lipinski definition) is 3. The average Bonchev–Trinajstić information content (AvgIpc) is 2.70. The molecule has 1 fully saturated rings. The molecule has 1 saturated heterocycles. The molecule has 1 N–H and O–H groups in total. The number of nitrogens with zero attached hydrogens (tertiary/aromatic N) is 1. The molecule has 0 radical (unpaired) electrons. The van der Waals surface area contributed by atoms with Crippen LogP contribution in [0, 0.1) is 5.41 Å². The molecule has 1 aliphatic heterocycles. The number of rotatable bonds is 3. The summed E-state index contributed by atoms with van der Waals surface area (Å²) in [4.78, 5) is 13.1. The summed E-state index contributed by atoms with van der Waals surface area (Å²) in [6, 6.07) is 5.36. The van der Waals surface area contributed by atoms with E-state index in [-0.39, 0.29) is 23.5 Å². The second-order valence-corrected chi connectivity index (χ2v) is 8.27. The molecular formula is C18H25Cl2NO4. The Bertz CT molecular complexity index is 618. The highest BCUT2D eigenvalue weighted by molar-refractivity contribution is 6.42. The van der Waals surface area contributed by atoms with E-state index >= 15 is 0 Å². The Morgan fingerprint density at radius 1 is 1.32 bits per heavy atom. The normalized spacial score (nSPS) is 24.9. The summed E-state index contributed by atoms with van der Waals surface area (Å²) >= 11 is 12.2. The van der Waals surface area contributed by atoms with Crippen molar-refractivity contribution in [3.05, 3.63) is 33.8 Å². The monoisotopic (exact) mass is 389 g/mol. The standard InChI is InChI=1S/C18H25Cl2NO4/c1-18(2,3)16-9-21(17(22)23)8-12(15(25-16)10-24-4)11-5-6-13(19)14(20)7-11/h5-7,12,15-16H,8-10H2,1-4H3,(H,22,23). The van der Waals surface area contributed by atoms with E-state index in [2.05, 4.69) is 0 Å². The predicted octanol–water partition coefficient (Wildman–Crippen LogP) is 4.52. The van der Waals surface area contributed by atoms with E-state index in [4.69, 9.17) is 32.7 Å². The van der Waals surface area contributed by atoms with Gasteiger partial charge in [-0.15, -0.1) is 0 Å². The molecule has 1 aromatic carbocycles. The highest BCUT2D eigenvalue weighted by Crippen LogP contribution is 2.35. The first kappa shape index (κ1) is 20.3. The molecule has 3 atom stereocenters. The van der Waals surface area contributed by atoms with Crippen LogP contribution in [0.4, 0.5) is 4.79 Å². The van der Waals surface area contributed by atoms with Crippen LogP contribution in [-0.2, 0) is 9.47 Å². The van der Waals surface area contributed by atoms with Crippen molar-refractivity contribution in [2.75, 3.05) is 26.8 Å². The van der Waals surface area contributed by atoms with Crippen LogP contribution in [0.25, 0.3) is 0 Å². The van der Waals surface area contributed by atoms with Crippen LogP contribution >= 0.6 is 23.2 Å². The van der Waals surface area contributed by atoms with Crippen molar-refractivity contribution >= 4 is 29.3 Å². The minimum Gasteiger partial charge on any atom is -0.465 e. The van der Waals surface area contributed by atoms with Gasteiger partial charge in [0.2, 0.25) is 0 Å². The van der Waals surface area contributed by atoms with Gasteiger partial charge in [0.15, 0.2) is 0 Å². The van der Waals surface area contributed by atoms with Crippen LogP contribution < -0.4 is 0 Å². The lowest BCUT2D eigenvalue weighted by molar-refractivity contribution is -0.0888. The maximum absolute atomic E-state index is 11.7. The molecular weight excluding hydrogens is 365 g/mol. The molecule has 0 saturated carbocycles. The summed E-state index contributed by atoms with van der Waals surface area (Å²) in [6.07, 6.45) is -1.48. The second-order valence-electron chi connectivity index (χ2n) is 7.45. The SMILES string of the molecule is COCC1OC(C(C)(C)C)CN(C(=O)O)CC1c1ccc(Cl)c(Cl)c1. The van der Waals surface area contributed by atoms with Crippen LogP contribution in [-0.4, -0.2) is 55.1 Å². The van der Waals surface area contributed by atoms with Gasteiger partial charge in [0.05, 0.1) is 35.4 Å². The fourth-order valence-electron chi connectivity index (χ4n) is 3.00. The molecule has 0 bridgehead atoms. The third-order valence-corrected chi connectivity index (χ3v) is 5.27. The first-order valence-electron chi connectivity index (χ1n) is 8.20. The molecule has 1 aliphatic rings. The van der Waals surface area contributed by atoms with Crippen molar-refractivity contribution < 1.29 is 19.4 Å². The summed E-state index contributed by atoms with van der Waals surface area (Å²) in [5.41, 5.74) is 0.684. The Balaban J connectivity index is 2.42. The predicted molar refractivity (Wildman–Crippen MR) is 98.8 cm³/mol. The first-order chi connectivity index (χ1) is 11.6. The minimum absolute atomic E-state index is 0.196. The zero-order valence-electron chi connectivity index (χ0n) is 15.0. The summed E-state index contributed by atoms with van der Waals surface area (Å²) in [7, 11) is 1.61. The van der Waals surface area contributed by atoms with Gasteiger partial charge < -0.3 is 19.5 Å². The highest BCUT2D eigenvalue weighted by atomic mass is 35.5. The topological polar surface area (TPSA) is 59.0 Å². The molecule has 1 amide bonds. The van der Waals surface area contributed by atoms with Crippen LogP contribution in [0.3, 0.4) is 0 Å². The van der Waals surface area contributed by atoms with E-state index in [1.807, 2.05) is 26.8 Å². The molecule has 7 heteroatoms. The maximum Gasteiger partial charge on any atom is 0.407 e. The molecule has 2 rings (SSSR count). The number of amides is 1. The average molecular weight is 390 g/mol. The van der Waals surface area contributed by atoms with Gasteiger partial charge >= 0.3 is 6.09 Å². The van der Waals surface area contributed by atoms with Gasteiger partial charge in [-0.3, -0.25) is 0 Å². The van der Waals surface area contributed by atoms with E-state index in [0.717, 1.165) is 5.56 Å². The molecule has 0 aromatic heterocycles. The number of carboxylic acid groups (broad SMARTS) is 1. The lowest BCUT2D eigenvalue weighted by atomic mass is 9.88. The van der Waals surface area contributed by atoms with Crippen LogP contribution in [0.1, 0.15) is 32.3 Å². The van der Waals surface area contributed by atoms with Gasteiger partial charge in [0, 0.05) is 19.6 Å². The molecule has 0 aliphatic carbocycles. The zero-order valence-corrected chi connectivity index (χ0v) is 16.5. The van der Waals surface area contributed by atoms with Crippen LogP contribution in [0.5, 0.6) is 0 Å². The van der Waals surface area contributed by atoms with Gasteiger partial charge in [-0.2, -0.15) is 0 Å². The molecule has 140 valence electrons. The smallest absolute Gasteiger partial charge is 0.407 e. The molecule has 1 heterocycles. The third-order valence-electron chi connectivity index (χ3n) is 4.53. The highest BCUT2D eigenvalue weighted by Gasteiger charge is 2.39. The van der Waals surface area contributed by atoms with Crippen molar-refractivity contribution in [1.29, 1.82) is 0 Å². The van der Waals surface area contributed by atoms with Crippen molar-refractivity contribution in [3.63, 3.8) is 0 Å². The van der Waals surface area contributed by atoms with Crippen LogP contribution in [0.15, 0.2) is 18.2 Å². The summed E-state index contributed by atoms with van der Waals surface area (Å²) < 4.78 is 11.7. The number of ether oxygens (including phenoxy) is 2. The van der Waals surface area contributed by atoms with E-state index in [0.29, 0.717) is 29.7 Å². The third kappa shape index (κ3) is 5.00. The maximum atomic E-state index is 11.7. The molecule has 5 nitrogen and oxygen atoms in total. The quantitative estimate of drug-likeness (QED) is 0.825. The van der Waals surface area contributed by atoms with Gasteiger partial charge in [-0.05, 0) is 23.1 Å². The zero-order chi connectivity index (χ0) is 18.8. The lowest BCUT2D eigenvalue weighted by Gasteiger charge is -2.33. The fourth-order valence-corrected chi connectivity index (χ4v) is 3.30. The Morgan fingerprint density at radius 2 is 2.00 bits per heavy atom. The number of halogens is 2. The second kappa shape index (κ2) is 8.12. The molecule has 0 spiro atoms. The van der Waals surface area contributed by atoms with Crippen molar-refractivity contribution in [1.82, 2.24) is 4.90 Å². The van der Waals surface area contributed by atoms with E-state index < -0.39 is 6.09 Å². The van der Waals surface area contributed by atoms with Gasteiger partial charge in [-0.25, -0.2) is 4.79 Å². The Morgan fingerprint density at radius 3 is 2.52 bits per heavy atom. The van der Waals surface area contributed by atoms with E-state index in [1.54, 1.807) is 19.2 Å². The van der Waals surface area contributed by atoms with Gasteiger partial charge in [0.25, 0.3) is 0 Å². The van der Waals surface area contributed by atoms with E-state index in [1.165, 1.54) is 4.90 Å². The van der Waals surface area contributed by atoms with E-state index in [9.17, 15) is 9.90 Å². The van der Waals surface area contributed by atoms with Crippen molar-refractivity contribution in [2.45, 2.75) is 38.9 Å². The molecule has 3 unspecified atom stereocenters. The van der Waals surface area contributed by atoms with Gasteiger partial charge in [-0.1, -0.05) is 50.0 Å². The fraction of sp³-hybridized carbons (Fsp3) is 0.611.